The van der Waals surface area contributed by atoms with Crippen LogP contribution < -0.4 is 11.1 Å². The van der Waals surface area contributed by atoms with Gasteiger partial charge in [-0.25, -0.2) is 0 Å². The molecule has 0 saturated carbocycles. The Balaban J connectivity index is 2.24. The van der Waals surface area contributed by atoms with Crippen molar-refractivity contribution in [3.05, 3.63) is 35.9 Å². The number of nitrogens with two attached hydrogens (primary N) is 1. The van der Waals surface area contributed by atoms with Gasteiger partial charge in [0.05, 0.1) is 6.26 Å². The first-order chi connectivity index (χ1) is 11.8. The first-order valence-electron chi connectivity index (χ1n) is 7.57. The zero-order chi connectivity index (χ0) is 18.6. The molecule has 9 nitrogen and oxygen atoms in total. The third kappa shape index (κ3) is 4.97. The molecule has 1 aromatic carbocycles. The monoisotopic (exact) mass is 374 g/mol. The van der Waals surface area contributed by atoms with E-state index in [2.05, 4.69) is 5.32 Å². The number of hydrogen-bond acceptors (Lipinski definition) is 8. The second-order valence-corrected chi connectivity index (χ2v) is 7.23. The summed E-state index contributed by atoms with van der Waals surface area (Å²) >= 11 is 0. The number of aliphatic hydroxyl groups is 1. The van der Waals surface area contributed by atoms with Crippen LogP contribution >= 0.6 is 0 Å². The quantitative estimate of drug-likeness (QED) is 0.529. The van der Waals surface area contributed by atoms with E-state index in [1.165, 1.54) is 7.11 Å². The van der Waals surface area contributed by atoms with E-state index in [4.69, 9.17) is 19.4 Å². The van der Waals surface area contributed by atoms with E-state index in [9.17, 15) is 18.3 Å². The number of benzene rings is 1. The van der Waals surface area contributed by atoms with E-state index in [1.54, 1.807) is 30.3 Å². The molecule has 25 heavy (non-hydrogen) atoms. The van der Waals surface area contributed by atoms with Crippen molar-refractivity contribution < 1.29 is 32.0 Å². The van der Waals surface area contributed by atoms with E-state index in [0.717, 1.165) is 6.26 Å². The molecule has 1 aromatic rings. The topological polar surface area (TPSA) is 137 Å². The molecule has 1 fully saturated rings. The highest BCUT2D eigenvalue weighted by Crippen LogP contribution is 2.25. The first kappa shape index (κ1) is 19.8. The molecule has 1 aliphatic rings. The lowest BCUT2D eigenvalue weighted by atomic mass is 9.96. The van der Waals surface area contributed by atoms with Crippen molar-refractivity contribution >= 4 is 16.0 Å². The zero-order valence-corrected chi connectivity index (χ0v) is 14.7. The molecule has 0 aliphatic carbocycles. The summed E-state index contributed by atoms with van der Waals surface area (Å²) in [7, 11) is -2.53. The van der Waals surface area contributed by atoms with Crippen molar-refractivity contribution in [1.29, 1.82) is 0 Å². The van der Waals surface area contributed by atoms with Crippen molar-refractivity contribution in [2.75, 3.05) is 19.9 Å². The van der Waals surface area contributed by atoms with Crippen molar-refractivity contribution in [2.45, 2.75) is 30.6 Å². The molecule has 1 saturated heterocycles. The molecule has 1 aliphatic heterocycles. The Labute approximate surface area is 146 Å². The lowest BCUT2D eigenvalue weighted by molar-refractivity contribution is -0.241. The fourth-order valence-electron chi connectivity index (χ4n) is 2.69. The van der Waals surface area contributed by atoms with Gasteiger partial charge in [0, 0.05) is 19.2 Å². The van der Waals surface area contributed by atoms with Gasteiger partial charge in [-0.2, -0.15) is 8.42 Å². The van der Waals surface area contributed by atoms with Crippen molar-refractivity contribution in [2.24, 2.45) is 5.73 Å². The molecule has 1 heterocycles. The lowest BCUT2D eigenvalue weighted by Gasteiger charge is -2.43. The highest BCUT2D eigenvalue weighted by molar-refractivity contribution is 7.86. The maximum Gasteiger partial charge on any atom is 0.264 e. The minimum absolute atomic E-state index is 0.101. The molecule has 0 spiro atoms. The minimum Gasteiger partial charge on any atom is -0.376 e. The molecule has 0 bridgehead atoms. The number of hydrogen-bond donors (Lipinski definition) is 3. The summed E-state index contributed by atoms with van der Waals surface area (Å²) in [6.07, 6.45) is -3.57. The Hall–Kier alpha value is -1.56. The maximum absolute atomic E-state index is 12.3. The minimum atomic E-state index is -3.84. The van der Waals surface area contributed by atoms with Crippen LogP contribution in [0.4, 0.5) is 0 Å². The fourth-order valence-corrected chi connectivity index (χ4v) is 3.32. The van der Waals surface area contributed by atoms with E-state index in [0.29, 0.717) is 5.56 Å². The number of carbonyl (C=O) groups is 1. The van der Waals surface area contributed by atoms with E-state index < -0.39 is 46.7 Å². The van der Waals surface area contributed by atoms with Crippen molar-refractivity contribution in [1.82, 2.24) is 5.32 Å². The van der Waals surface area contributed by atoms with Crippen LogP contribution in [0, 0.1) is 0 Å². The van der Waals surface area contributed by atoms with Gasteiger partial charge in [0.1, 0.15) is 24.4 Å². The van der Waals surface area contributed by atoms with Gasteiger partial charge in [-0.3, -0.25) is 8.98 Å². The Morgan fingerprint density at radius 1 is 1.32 bits per heavy atom. The van der Waals surface area contributed by atoms with Gasteiger partial charge < -0.3 is 25.6 Å². The third-order valence-corrected chi connectivity index (χ3v) is 4.36. The lowest BCUT2D eigenvalue weighted by Crippen LogP contribution is -2.66. The van der Waals surface area contributed by atoms with E-state index in [-0.39, 0.29) is 6.54 Å². The van der Waals surface area contributed by atoms with Crippen LogP contribution in [0.2, 0.25) is 0 Å². The second kappa shape index (κ2) is 8.21. The van der Waals surface area contributed by atoms with Crippen LogP contribution in [0.3, 0.4) is 0 Å². The van der Waals surface area contributed by atoms with E-state index >= 15 is 0 Å². The number of ether oxygens (including phenoxy) is 2. The molecule has 4 N–H and O–H groups in total. The van der Waals surface area contributed by atoms with Crippen LogP contribution in [-0.4, -0.2) is 70.0 Å². The second-order valence-electron chi connectivity index (χ2n) is 5.63. The largest absolute Gasteiger partial charge is 0.376 e. The number of amides is 1. The molecule has 10 heteroatoms. The highest BCUT2D eigenvalue weighted by Gasteiger charge is 2.48. The smallest absolute Gasteiger partial charge is 0.264 e. The molecule has 2 rings (SSSR count). The molecule has 1 amide bonds. The van der Waals surface area contributed by atoms with Gasteiger partial charge in [-0.15, -0.1) is 0 Å². The van der Waals surface area contributed by atoms with Crippen LogP contribution in [0.5, 0.6) is 0 Å². The summed E-state index contributed by atoms with van der Waals surface area (Å²) < 4.78 is 38.7. The zero-order valence-electron chi connectivity index (χ0n) is 13.9. The van der Waals surface area contributed by atoms with Crippen LogP contribution in [0.25, 0.3) is 0 Å². The molecule has 140 valence electrons. The van der Waals surface area contributed by atoms with Crippen LogP contribution in [0.1, 0.15) is 10.4 Å². The number of aliphatic hydroxyl groups excluding tert-OH is 1. The van der Waals surface area contributed by atoms with E-state index in [1.807, 2.05) is 0 Å². The molecule has 0 aromatic heterocycles. The molecule has 5 atom stereocenters. The molecular weight excluding hydrogens is 352 g/mol. The average Bonchev–Trinajstić information content (AvgIpc) is 2.57. The van der Waals surface area contributed by atoms with Crippen molar-refractivity contribution in [3.63, 3.8) is 0 Å². The standard InChI is InChI=1S/C15H22N2O7S/c1-22-13-11(17-14(18)9-6-4-3-5-7-9)15(19)23-10(8-16)12(13)24-25(2,20)21/h3-7,10-13,15,19H,8,16H2,1-2H3,(H,17,18). The van der Waals surface area contributed by atoms with Gasteiger partial charge in [0.25, 0.3) is 16.0 Å². The van der Waals surface area contributed by atoms with Gasteiger partial charge in [0.2, 0.25) is 0 Å². The van der Waals surface area contributed by atoms with Gasteiger partial charge in [-0.05, 0) is 12.1 Å². The summed E-state index contributed by atoms with van der Waals surface area (Å²) in [4.78, 5) is 12.3. The summed E-state index contributed by atoms with van der Waals surface area (Å²) in [5.74, 6) is -0.473. The van der Waals surface area contributed by atoms with Crippen LogP contribution in [0.15, 0.2) is 30.3 Å². The van der Waals surface area contributed by atoms with Gasteiger partial charge >= 0.3 is 0 Å². The van der Waals surface area contributed by atoms with Gasteiger partial charge in [-0.1, -0.05) is 18.2 Å². The summed E-state index contributed by atoms with van der Waals surface area (Å²) in [6.45, 7) is -0.101. The third-order valence-electron chi connectivity index (χ3n) is 3.79. The normalized spacial score (nSPS) is 30.0. The summed E-state index contributed by atoms with van der Waals surface area (Å²) in [6, 6.07) is 7.29. The number of methoxy groups -OCH3 is 1. The molecule has 0 radical (unpaired) electrons. The summed E-state index contributed by atoms with van der Waals surface area (Å²) in [5, 5.41) is 12.8. The summed E-state index contributed by atoms with van der Waals surface area (Å²) in [5.41, 5.74) is 5.94. The maximum atomic E-state index is 12.3. The molecule has 5 unspecified atom stereocenters. The Kier molecular flexibility index (Phi) is 6.49. The van der Waals surface area contributed by atoms with Crippen molar-refractivity contribution in [3.8, 4) is 0 Å². The number of nitrogens with one attached hydrogen (secondary N) is 1. The first-order valence-corrected chi connectivity index (χ1v) is 9.39. The Bertz CT molecular complexity index is 682. The fraction of sp³-hybridized carbons (Fsp3) is 0.533. The number of rotatable bonds is 6. The Morgan fingerprint density at radius 2 is 1.96 bits per heavy atom. The predicted octanol–water partition coefficient (Wildman–Crippen LogP) is -1.18. The number of carbonyl (C=O) groups excluding carboxylic acids is 1. The average molecular weight is 374 g/mol. The van der Waals surface area contributed by atoms with Crippen LogP contribution in [-0.2, 0) is 23.8 Å². The molecular formula is C15H22N2O7S. The van der Waals surface area contributed by atoms with Gasteiger partial charge in [0.15, 0.2) is 6.29 Å². The Morgan fingerprint density at radius 3 is 2.48 bits per heavy atom. The SMILES string of the molecule is COC1C(NC(=O)c2ccccc2)C(O)OC(CN)C1OS(C)(=O)=O. The predicted molar refractivity (Wildman–Crippen MR) is 88.1 cm³/mol. The highest BCUT2D eigenvalue weighted by atomic mass is 32.2.